The lowest BCUT2D eigenvalue weighted by Gasteiger charge is -2.14. The number of nitrogens with zero attached hydrogens (tertiary/aromatic N) is 4. The maximum Gasteiger partial charge on any atom is 0.261 e. The number of fused-ring (bicyclic) bond motifs is 1. The molecule has 0 amide bonds. The van der Waals surface area contributed by atoms with Gasteiger partial charge in [-0.15, -0.1) is 0 Å². The van der Waals surface area contributed by atoms with E-state index >= 15 is 0 Å². The Morgan fingerprint density at radius 3 is 2.59 bits per heavy atom. The summed E-state index contributed by atoms with van der Waals surface area (Å²) in [5, 5.41) is 0.598. The van der Waals surface area contributed by atoms with Gasteiger partial charge in [-0.05, 0) is 31.0 Å². The highest BCUT2D eigenvalue weighted by molar-refractivity contribution is 5.84. The van der Waals surface area contributed by atoms with Gasteiger partial charge in [-0.3, -0.25) is 9.36 Å². The van der Waals surface area contributed by atoms with Crippen LogP contribution in [0.3, 0.4) is 0 Å². The molecule has 2 N–H and O–H groups in total. The summed E-state index contributed by atoms with van der Waals surface area (Å²) in [4.78, 5) is 21.6. The zero-order chi connectivity index (χ0) is 16.0. The van der Waals surface area contributed by atoms with Gasteiger partial charge < -0.3 is 10.3 Å². The number of aromatic nitrogens is 4. The van der Waals surface area contributed by atoms with Crippen LogP contribution in [0.4, 0.5) is 0 Å². The fraction of sp³-hybridized carbons (Fsp3) is 0.312. The quantitative estimate of drug-likeness (QED) is 0.780. The monoisotopic (exact) mass is 297 g/mol. The van der Waals surface area contributed by atoms with Gasteiger partial charge in [0.25, 0.3) is 5.56 Å². The Morgan fingerprint density at radius 2 is 2.00 bits per heavy atom. The number of hydrogen-bond donors (Lipinski definition) is 1. The van der Waals surface area contributed by atoms with Crippen LogP contribution in [-0.2, 0) is 14.1 Å². The van der Waals surface area contributed by atoms with Crippen LogP contribution >= 0.6 is 0 Å². The van der Waals surface area contributed by atoms with Crippen LogP contribution in [0.25, 0.3) is 22.4 Å². The molecule has 0 spiro atoms. The minimum atomic E-state index is -0.193. The van der Waals surface area contributed by atoms with E-state index < -0.39 is 0 Å². The van der Waals surface area contributed by atoms with Gasteiger partial charge in [-0.25, -0.2) is 9.97 Å². The second kappa shape index (κ2) is 5.06. The van der Waals surface area contributed by atoms with E-state index in [9.17, 15) is 4.79 Å². The first-order chi connectivity index (χ1) is 10.4. The smallest absolute Gasteiger partial charge is 0.261 e. The summed E-state index contributed by atoms with van der Waals surface area (Å²) in [6.45, 7) is 3.86. The fourth-order valence-corrected chi connectivity index (χ4v) is 2.70. The molecule has 0 aliphatic heterocycles. The first-order valence-electron chi connectivity index (χ1n) is 7.13. The second-order valence-electron chi connectivity index (χ2n) is 5.73. The zero-order valence-corrected chi connectivity index (χ0v) is 13.2. The Kier molecular flexibility index (Phi) is 3.33. The summed E-state index contributed by atoms with van der Waals surface area (Å²) in [5.74, 6) is 0.586. The van der Waals surface area contributed by atoms with Crippen LogP contribution in [0.1, 0.15) is 24.1 Å². The molecule has 0 saturated heterocycles. The Morgan fingerprint density at radius 1 is 1.27 bits per heavy atom. The normalized spacial score (nSPS) is 12.8. The molecule has 3 aromatic rings. The van der Waals surface area contributed by atoms with E-state index in [1.165, 1.54) is 0 Å². The van der Waals surface area contributed by atoms with Crippen molar-refractivity contribution < 1.29 is 0 Å². The lowest BCUT2D eigenvalue weighted by Crippen LogP contribution is -2.22. The topological polar surface area (TPSA) is 78.7 Å². The van der Waals surface area contributed by atoms with Crippen LogP contribution in [-0.4, -0.2) is 19.1 Å². The molecule has 22 heavy (non-hydrogen) atoms. The summed E-state index contributed by atoms with van der Waals surface area (Å²) in [6, 6.07) is 3.66. The van der Waals surface area contributed by atoms with E-state index in [1.54, 1.807) is 24.1 Å². The van der Waals surface area contributed by atoms with Gasteiger partial charge in [0.2, 0.25) is 0 Å². The minimum absolute atomic E-state index is 0.0770. The summed E-state index contributed by atoms with van der Waals surface area (Å²) >= 11 is 0. The molecule has 1 atom stereocenters. The van der Waals surface area contributed by atoms with E-state index in [1.807, 2.05) is 37.6 Å². The first kappa shape index (κ1) is 14.5. The Bertz CT molecular complexity index is 920. The van der Waals surface area contributed by atoms with Crippen LogP contribution < -0.4 is 11.3 Å². The summed E-state index contributed by atoms with van der Waals surface area (Å²) in [7, 11) is 3.60. The highest BCUT2D eigenvalue weighted by Gasteiger charge is 2.16. The maximum absolute atomic E-state index is 12.7. The summed E-state index contributed by atoms with van der Waals surface area (Å²) in [6.07, 6.45) is 3.39. The SMILES string of the molecule is Cc1cc(C(C)N)c2nc(-c3cncn3C)n(C)c(=O)c2c1. The van der Waals surface area contributed by atoms with Crippen molar-refractivity contribution in [3.05, 3.63) is 46.1 Å². The van der Waals surface area contributed by atoms with Gasteiger partial charge >= 0.3 is 0 Å². The van der Waals surface area contributed by atoms with Crippen LogP contribution in [0, 0.1) is 6.92 Å². The molecule has 1 unspecified atom stereocenters. The molecule has 2 heterocycles. The second-order valence-corrected chi connectivity index (χ2v) is 5.73. The Balaban J connectivity index is 2.46. The average molecular weight is 297 g/mol. The number of benzene rings is 1. The van der Waals surface area contributed by atoms with E-state index in [4.69, 9.17) is 10.7 Å². The van der Waals surface area contributed by atoms with E-state index in [0.29, 0.717) is 16.7 Å². The van der Waals surface area contributed by atoms with Crippen molar-refractivity contribution in [3.8, 4) is 11.5 Å². The molecule has 0 bridgehead atoms. The highest BCUT2D eigenvalue weighted by Crippen LogP contribution is 2.24. The van der Waals surface area contributed by atoms with Crippen molar-refractivity contribution in [2.45, 2.75) is 19.9 Å². The molecule has 2 aromatic heterocycles. The predicted molar refractivity (Wildman–Crippen MR) is 86.5 cm³/mol. The van der Waals surface area contributed by atoms with Crippen molar-refractivity contribution in [3.63, 3.8) is 0 Å². The minimum Gasteiger partial charge on any atom is -0.331 e. The third-order valence-corrected chi connectivity index (χ3v) is 3.89. The molecule has 3 rings (SSSR count). The first-order valence-corrected chi connectivity index (χ1v) is 7.13. The largest absolute Gasteiger partial charge is 0.331 e. The van der Waals surface area contributed by atoms with Crippen LogP contribution in [0.5, 0.6) is 0 Å². The molecule has 6 heteroatoms. The molecule has 0 radical (unpaired) electrons. The number of hydrogen-bond acceptors (Lipinski definition) is 4. The fourth-order valence-electron chi connectivity index (χ4n) is 2.70. The molecule has 6 nitrogen and oxygen atoms in total. The number of imidazole rings is 1. The van der Waals surface area contributed by atoms with Gasteiger partial charge in [-0.1, -0.05) is 6.07 Å². The molecule has 1 aromatic carbocycles. The summed E-state index contributed by atoms with van der Waals surface area (Å²) < 4.78 is 3.40. The van der Waals surface area contributed by atoms with Gasteiger partial charge in [0, 0.05) is 20.1 Å². The zero-order valence-electron chi connectivity index (χ0n) is 13.2. The number of rotatable bonds is 2. The third kappa shape index (κ3) is 2.12. The van der Waals surface area contributed by atoms with Gasteiger partial charge in [0.05, 0.1) is 23.4 Å². The molecular formula is C16H19N5O. The predicted octanol–water partition coefficient (Wildman–Crippen LogP) is 1.66. The lowest BCUT2D eigenvalue weighted by atomic mass is 10.0. The average Bonchev–Trinajstić information content (AvgIpc) is 2.88. The molecule has 0 saturated carbocycles. The van der Waals surface area contributed by atoms with Crippen molar-refractivity contribution in [2.24, 2.45) is 19.8 Å². The Labute approximate surface area is 128 Å². The van der Waals surface area contributed by atoms with Crippen molar-refractivity contribution >= 4 is 10.9 Å². The molecule has 0 fully saturated rings. The van der Waals surface area contributed by atoms with Crippen LogP contribution in [0.2, 0.25) is 0 Å². The standard InChI is InChI=1S/C16H19N5O/c1-9-5-11(10(2)17)14-12(6-9)16(22)21(4)15(19-14)13-7-18-8-20(13)3/h5-8,10H,17H2,1-4H3. The Hall–Kier alpha value is -2.47. The lowest BCUT2D eigenvalue weighted by molar-refractivity contribution is 0.806. The molecule has 114 valence electrons. The van der Waals surface area contributed by atoms with Crippen molar-refractivity contribution in [2.75, 3.05) is 0 Å². The maximum atomic E-state index is 12.7. The van der Waals surface area contributed by atoms with E-state index in [2.05, 4.69) is 4.98 Å². The molecule has 0 aliphatic carbocycles. The van der Waals surface area contributed by atoms with Crippen LogP contribution in [0.15, 0.2) is 29.5 Å². The van der Waals surface area contributed by atoms with Gasteiger partial charge in [-0.2, -0.15) is 0 Å². The van der Waals surface area contributed by atoms with Gasteiger partial charge in [0.15, 0.2) is 5.82 Å². The molecule has 0 aliphatic rings. The number of aryl methyl sites for hydroxylation is 2. The van der Waals surface area contributed by atoms with Crippen molar-refractivity contribution in [1.82, 2.24) is 19.1 Å². The van der Waals surface area contributed by atoms with Crippen molar-refractivity contribution in [1.29, 1.82) is 0 Å². The van der Waals surface area contributed by atoms with E-state index in [0.717, 1.165) is 16.8 Å². The van der Waals surface area contributed by atoms with Gasteiger partial charge in [0.1, 0.15) is 5.69 Å². The van der Waals surface area contributed by atoms with E-state index in [-0.39, 0.29) is 11.6 Å². The third-order valence-electron chi connectivity index (χ3n) is 3.89. The number of nitrogens with two attached hydrogens (primary N) is 1. The highest BCUT2D eigenvalue weighted by atomic mass is 16.1. The molecular weight excluding hydrogens is 278 g/mol. The summed E-state index contributed by atoms with van der Waals surface area (Å²) in [5.41, 5.74) is 9.34.